The number of amides is 2. The summed E-state index contributed by atoms with van der Waals surface area (Å²) in [4.78, 5) is 27.1. The average molecular weight is 273 g/mol. The van der Waals surface area contributed by atoms with Crippen molar-refractivity contribution in [2.45, 2.75) is 19.8 Å². The molecule has 2 N–H and O–H groups in total. The molecule has 0 spiro atoms. The number of ether oxygens (including phenoxy) is 1. The smallest absolute Gasteiger partial charge is 0.241 e. The molecule has 0 aromatic rings. The molecule has 0 rings (SSSR count). The van der Waals surface area contributed by atoms with Gasteiger partial charge in [-0.15, -0.1) is 0 Å². The lowest BCUT2D eigenvalue weighted by Gasteiger charge is -2.27. The van der Waals surface area contributed by atoms with Crippen LogP contribution in [0.15, 0.2) is 0 Å². The van der Waals surface area contributed by atoms with Crippen LogP contribution >= 0.6 is 0 Å². The van der Waals surface area contributed by atoms with Crippen molar-refractivity contribution in [1.29, 1.82) is 0 Å². The summed E-state index contributed by atoms with van der Waals surface area (Å²) in [5.74, 6) is -0.370. The van der Waals surface area contributed by atoms with Gasteiger partial charge in [0.15, 0.2) is 0 Å². The van der Waals surface area contributed by atoms with Crippen molar-refractivity contribution in [1.82, 2.24) is 9.80 Å². The van der Waals surface area contributed by atoms with Crippen LogP contribution in [-0.4, -0.2) is 69.1 Å². The molecule has 112 valence electrons. The minimum atomic E-state index is -0.211. The van der Waals surface area contributed by atoms with Gasteiger partial charge in [-0.25, -0.2) is 0 Å². The summed E-state index contributed by atoms with van der Waals surface area (Å²) in [6.45, 7) is 3.23. The van der Waals surface area contributed by atoms with Crippen LogP contribution in [0.5, 0.6) is 0 Å². The van der Waals surface area contributed by atoms with E-state index in [0.29, 0.717) is 19.7 Å². The molecule has 0 aliphatic heterocycles. The van der Waals surface area contributed by atoms with E-state index in [4.69, 9.17) is 10.5 Å². The monoisotopic (exact) mass is 273 g/mol. The summed E-state index contributed by atoms with van der Waals surface area (Å²) in [6.07, 6.45) is 1.64. The quantitative estimate of drug-likeness (QED) is 0.638. The lowest BCUT2D eigenvalue weighted by atomic mass is 10.0. The molecular weight excluding hydrogens is 246 g/mol. The third kappa shape index (κ3) is 6.54. The molecule has 0 saturated heterocycles. The van der Waals surface area contributed by atoms with E-state index >= 15 is 0 Å². The summed E-state index contributed by atoms with van der Waals surface area (Å²) >= 11 is 0. The van der Waals surface area contributed by atoms with Crippen LogP contribution < -0.4 is 5.73 Å². The molecule has 6 heteroatoms. The van der Waals surface area contributed by atoms with Gasteiger partial charge in [0.2, 0.25) is 11.8 Å². The van der Waals surface area contributed by atoms with E-state index in [2.05, 4.69) is 0 Å². The summed E-state index contributed by atoms with van der Waals surface area (Å²) in [5, 5.41) is 0. The Balaban J connectivity index is 4.70. The Morgan fingerprint density at radius 2 is 1.95 bits per heavy atom. The summed E-state index contributed by atoms with van der Waals surface area (Å²) in [6, 6.07) is 0. The van der Waals surface area contributed by atoms with Gasteiger partial charge in [0.25, 0.3) is 0 Å². The van der Waals surface area contributed by atoms with Crippen molar-refractivity contribution >= 4 is 11.8 Å². The van der Waals surface area contributed by atoms with Crippen molar-refractivity contribution < 1.29 is 14.3 Å². The maximum Gasteiger partial charge on any atom is 0.241 e. The second kappa shape index (κ2) is 9.75. The maximum atomic E-state index is 12.3. The highest BCUT2D eigenvalue weighted by molar-refractivity contribution is 5.85. The molecule has 0 saturated carbocycles. The topological polar surface area (TPSA) is 75.9 Å². The van der Waals surface area contributed by atoms with E-state index in [1.165, 1.54) is 4.90 Å². The Labute approximate surface area is 115 Å². The van der Waals surface area contributed by atoms with Crippen LogP contribution in [0, 0.1) is 5.92 Å². The first-order valence-electron chi connectivity index (χ1n) is 6.65. The predicted octanol–water partition coefficient (Wildman–Crippen LogP) is -0.0754. The van der Waals surface area contributed by atoms with Gasteiger partial charge in [-0.1, -0.05) is 13.3 Å². The molecule has 0 heterocycles. The summed E-state index contributed by atoms with van der Waals surface area (Å²) in [7, 11) is 4.92. The van der Waals surface area contributed by atoms with Crippen molar-refractivity contribution in [2.24, 2.45) is 11.7 Å². The standard InChI is InChI=1S/C13H27N3O3/c1-5-6-11(9-14)13(18)16(7-8-19-4)10-12(17)15(2)3/h11H,5-10,14H2,1-4H3. The lowest BCUT2D eigenvalue weighted by molar-refractivity contribution is -0.142. The number of nitrogens with zero attached hydrogens (tertiary/aromatic N) is 2. The summed E-state index contributed by atoms with van der Waals surface area (Å²) in [5.41, 5.74) is 5.64. The molecule has 0 fully saturated rings. The number of methoxy groups -OCH3 is 1. The van der Waals surface area contributed by atoms with Gasteiger partial charge in [-0.2, -0.15) is 0 Å². The fraction of sp³-hybridized carbons (Fsp3) is 0.846. The van der Waals surface area contributed by atoms with Gasteiger partial charge in [0, 0.05) is 34.3 Å². The number of carbonyl (C=O) groups is 2. The zero-order valence-electron chi connectivity index (χ0n) is 12.5. The predicted molar refractivity (Wildman–Crippen MR) is 74.6 cm³/mol. The van der Waals surface area contributed by atoms with Crippen LogP contribution in [0.2, 0.25) is 0 Å². The van der Waals surface area contributed by atoms with Crippen LogP contribution in [0.1, 0.15) is 19.8 Å². The largest absolute Gasteiger partial charge is 0.383 e. The highest BCUT2D eigenvalue weighted by atomic mass is 16.5. The fourth-order valence-corrected chi connectivity index (χ4v) is 1.72. The van der Waals surface area contributed by atoms with Crippen LogP contribution in [0.3, 0.4) is 0 Å². The Hall–Kier alpha value is -1.14. The molecule has 1 atom stereocenters. The second-order valence-corrected chi connectivity index (χ2v) is 4.76. The van der Waals surface area contributed by atoms with Gasteiger partial charge in [0.05, 0.1) is 19.1 Å². The highest BCUT2D eigenvalue weighted by Gasteiger charge is 2.24. The van der Waals surface area contributed by atoms with Gasteiger partial charge >= 0.3 is 0 Å². The van der Waals surface area contributed by atoms with Crippen LogP contribution in [0.25, 0.3) is 0 Å². The minimum absolute atomic E-state index is 0.0587. The molecule has 2 amide bonds. The van der Waals surface area contributed by atoms with E-state index in [1.54, 1.807) is 26.1 Å². The Morgan fingerprint density at radius 3 is 2.37 bits per heavy atom. The molecular formula is C13H27N3O3. The first kappa shape index (κ1) is 17.9. The summed E-state index contributed by atoms with van der Waals surface area (Å²) < 4.78 is 4.99. The number of nitrogens with two attached hydrogens (primary N) is 1. The minimum Gasteiger partial charge on any atom is -0.383 e. The molecule has 0 aliphatic carbocycles. The second-order valence-electron chi connectivity index (χ2n) is 4.76. The molecule has 0 aromatic heterocycles. The third-order valence-electron chi connectivity index (χ3n) is 2.97. The Morgan fingerprint density at radius 1 is 1.32 bits per heavy atom. The first-order valence-corrected chi connectivity index (χ1v) is 6.65. The normalized spacial score (nSPS) is 12.1. The van der Waals surface area contributed by atoms with E-state index in [-0.39, 0.29) is 24.3 Å². The fourth-order valence-electron chi connectivity index (χ4n) is 1.72. The molecule has 19 heavy (non-hydrogen) atoms. The van der Waals surface area contributed by atoms with E-state index in [0.717, 1.165) is 12.8 Å². The number of carbonyl (C=O) groups excluding carboxylic acids is 2. The first-order chi connectivity index (χ1) is 8.97. The highest BCUT2D eigenvalue weighted by Crippen LogP contribution is 2.09. The zero-order valence-corrected chi connectivity index (χ0v) is 12.5. The Bertz CT molecular complexity index is 282. The van der Waals surface area contributed by atoms with Crippen molar-refractivity contribution in [3.8, 4) is 0 Å². The van der Waals surface area contributed by atoms with Crippen LogP contribution in [-0.2, 0) is 14.3 Å². The van der Waals surface area contributed by atoms with Crippen molar-refractivity contribution in [2.75, 3.05) is 47.4 Å². The SMILES string of the molecule is CCCC(CN)C(=O)N(CCOC)CC(=O)N(C)C. The molecule has 0 bridgehead atoms. The molecule has 6 nitrogen and oxygen atoms in total. The van der Waals surface area contributed by atoms with E-state index < -0.39 is 0 Å². The van der Waals surface area contributed by atoms with Crippen molar-refractivity contribution in [3.05, 3.63) is 0 Å². The number of hydrogen-bond donors (Lipinski definition) is 1. The van der Waals surface area contributed by atoms with Gasteiger partial charge in [-0.3, -0.25) is 9.59 Å². The lowest BCUT2D eigenvalue weighted by Crippen LogP contribution is -2.45. The zero-order chi connectivity index (χ0) is 14.8. The van der Waals surface area contributed by atoms with Crippen LogP contribution in [0.4, 0.5) is 0 Å². The number of hydrogen-bond acceptors (Lipinski definition) is 4. The molecule has 0 aliphatic rings. The molecule has 1 unspecified atom stereocenters. The van der Waals surface area contributed by atoms with Gasteiger partial charge in [-0.05, 0) is 6.42 Å². The average Bonchev–Trinajstić information content (AvgIpc) is 2.39. The van der Waals surface area contributed by atoms with Crippen molar-refractivity contribution in [3.63, 3.8) is 0 Å². The van der Waals surface area contributed by atoms with Gasteiger partial charge in [0.1, 0.15) is 0 Å². The van der Waals surface area contributed by atoms with E-state index in [1.807, 2.05) is 6.92 Å². The Kier molecular flexibility index (Phi) is 9.16. The maximum absolute atomic E-state index is 12.3. The van der Waals surface area contributed by atoms with E-state index in [9.17, 15) is 9.59 Å². The molecule has 0 radical (unpaired) electrons. The number of likely N-dealkylation sites (N-methyl/N-ethyl adjacent to an activating group) is 1. The third-order valence-corrected chi connectivity index (χ3v) is 2.97. The molecule has 0 aromatic carbocycles. The van der Waals surface area contributed by atoms with Gasteiger partial charge < -0.3 is 20.3 Å². The number of rotatable bonds is 9.